The Morgan fingerprint density at radius 1 is 1.57 bits per heavy atom. The van der Waals surface area contributed by atoms with Crippen molar-refractivity contribution in [2.75, 3.05) is 13.1 Å². The highest BCUT2D eigenvalue weighted by atomic mass is 32.2. The third-order valence-corrected chi connectivity index (χ3v) is 4.23. The molecule has 21 heavy (non-hydrogen) atoms. The molecule has 2 rings (SSSR count). The average Bonchev–Trinajstić information content (AvgIpc) is 2.86. The van der Waals surface area contributed by atoms with Crippen molar-refractivity contribution >= 4 is 17.9 Å². The number of aromatic nitrogens is 1. The molecule has 2 heterocycles. The number of amides is 1. The van der Waals surface area contributed by atoms with Crippen molar-refractivity contribution in [2.24, 2.45) is 0 Å². The van der Waals surface area contributed by atoms with E-state index >= 15 is 0 Å². The van der Waals surface area contributed by atoms with Crippen LogP contribution in [0.3, 0.4) is 0 Å². The van der Waals surface area contributed by atoms with Crippen LogP contribution in [0.25, 0.3) is 0 Å². The fraction of sp³-hybridized carbons (Fsp3) is 0.533. The SMILES string of the molecule is CC(C)(C)OC(=O)N1CC[C@H](Sc2ncccc2C#N)C1. The maximum Gasteiger partial charge on any atom is 0.410 e. The number of hydrogen-bond donors (Lipinski definition) is 0. The molecule has 1 aromatic rings. The van der Waals surface area contributed by atoms with Crippen LogP contribution >= 0.6 is 11.8 Å². The van der Waals surface area contributed by atoms with Crippen molar-refractivity contribution in [3.63, 3.8) is 0 Å². The molecule has 1 fully saturated rings. The van der Waals surface area contributed by atoms with Crippen molar-refractivity contribution in [1.82, 2.24) is 9.88 Å². The van der Waals surface area contributed by atoms with Crippen LogP contribution in [-0.2, 0) is 4.74 Å². The van der Waals surface area contributed by atoms with E-state index in [-0.39, 0.29) is 11.3 Å². The topological polar surface area (TPSA) is 66.2 Å². The summed E-state index contributed by atoms with van der Waals surface area (Å²) in [5.41, 5.74) is 0.107. The van der Waals surface area contributed by atoms with Crippen LogP contribution in [0.5, 0.6) is 0 Å². The molecule has 0 unspecified atom stereocenters. The second kappa shape index (κ2) is 6.35. The van der Waals surface area contributed by atoms with Gasteiger partial charge in [-0.05, 0) is 39.3 Å². The molecular formula is C15H19N3O2S. The van der Waals surface area contributed by atoms with E-state index in [0.29, 0.717) is 18.7 Å². The maximum atomic E-state index is 12.0. The minimum atomic E-state index is -0.475. The molecule has 1 aromatic heterocycles. The molecule has 1 amide bonds. The Morgan fingerprint density at radius 3 is 3.00 bits per heavy atom. The van der Waals surface area contributed by atoms with Gasteiger partial charge in [0.2, 0.25) is 0 Å². The lowest BCUT2D eigenvalue weighted by molar-refractivity contribution is 0.0295. The first-order chi connectivity index (χ1) is 9.89. The van der Waals surface area contributed by atoms with Gasteiger partial charge in [0.25, 0.3) is 0 Å². The molecule has 0 bridgehead atoms. The van der Waals surface area contributed by atoms with Gasteiger partial charge in [0.1, 0.15) is 16.7 Å². The first-order valence-corrected chi connectivity index (χ1v) is 7.77. The summed E-state index contributed by atoms with van der Waals surface area (Å²) in [6.07, 6.45) is 2.29. The first kappa shape index (κ1) is 15.6. The number of pyridine rings is 1. The number of carbonyl (C=O) groups is 1. The van der Waals surface area contributed by atoms with Gasteiger partial charge in [-0.1, -0.05) is 11.8 Å². The number of likely N-dealkylation sites (tertiary alicyclic amines) is 1. The molecule has 0 N–H and O–H groups in total. The van der Waals surface area contributed by atoms with Gasteiger partial charge in [-0.3, -0.25) is 0 Å². The van der Waals surface area contributed by atoms with E-state index in [0.717, 1.165) is 11.4 Å². The number of rotatable bonds is 2. The van der Waals surface area contributed by atoms with Crippen LogP contribution in [-0.4, -0.2) is 39.9 Å². The highest BCUT2D eigenvalue weighted by Gasteiger charge is 2.30. The van der Waals surface area contributed by atoms with E-state index in [1.807, 2.05) is 20.8 Å². The molecule has 1 saturated heterocycles. The smallest absolute Gasteiger partial charge is 0.410 e. The van der Waals surface area contributed by atoms with Crippen molar-refractivity contribution in [1.29, 1.82) is 5.26 Å². The van der Waals surface area contributed by atoms with Gasteiger partial charge in [0.05, 0.1) is 5.56 Å². The molecule has 0 aromatic carbocycles. The summed E-state index contributed by atoms with van der Waals surface area (Å²) in [5, 5.41) is 10.1. The van der Waals surface area contributed by atoms with Crippen LogP contribution in [0, 0.1) is 11.3 Å². The van der Waals surface area contributed by atoms with Crippen molar-refractivity contribution in [2.45, 2.75) is 43.1 Å². The zero-order chi connectivity index (χ0) is 15.5. The molecule has 1 aliphatic rings. The Kier molecular flexibility index (Phi) is 4.73. The zero-order valence-corrected chi connectivity index (χ0v) is 13.3. The van der Waals surface area contributed by atoms with Gasteiger partial charge in [0, 0.05) is 24.5 Å². The fourth-order valence-corrected chi connectivity index (χ4v) is 3.20. The molecule has 1 aliphatic heterocycles. The Morgan fingerprint density at radius 2 is 2.33 bits per heavy atom. The summed E-state index contributed by atoms with van der Waals surface area (Å²) in [4.78, 5) is 18.0. The Labute approximate surface area is 129 Å². The van der Waals surface area contributed by atoms with E-state index in [9.17, 15) is 4.79 Å². The Hall–Kier alpha value is -1.74. The minimum absolute atomic E-state index is 0.250. The summed E-state index contributed by atoms with van der Waals surface area (Å²) in [7, 11) is 0. The second-order valence-electron chi connectivity index (χ2n) is 5.92. The predicted molar refractivity (Wildman–Crippen MR) is 81.0 cm³/mol. The lowest BCUT2D eigenvalue weighted by atomic mass is 10.2. The molecule has 1 atom stereocenters. The molecule has 6 heteroatoms. The highest BCUT2D eigenvalue weighted by molar-refractivity contribution is 8.00. The van der Waals surface area contributed by atoms with Crippen molar-refractivity contribution in [3.05, 3.63) is 23.9 Å². The Bertz CT molecular complexity index is 563. The van der Waals surface area contributed by atoms with Gasteiger partial charge >= 0.3 is 6.09 Å². The monoisotopic (exact) mass is 305 g/mol. The largest absolute Gasteiger partial charge is 0.444 e. The molecular weight excluding hydrogens is 286 g/mol. The number of ether oxygens (including phenoxy) is 1. The van der Waals surface area contributed by atoms with Gasteiger partial charge in [-0.25, -0.2) is 9.78 Å². The van der Waals surface area contributed by atoms with E-state index in [1.54, 1.807) is 35.0 Å². The van der Waals surface area contributed by atoms with E-state index < -0.39 is 5.60 Å². The Balaban J connectivity index is 1.94. The number of nitrogens with zero attached hydrogens (tertiary/aromatic N) is 3. The van der Waals surface area contributed by atoms with Crippen LogP contribution in [0.1, 0.15) is 32.8 Å². The maximum absolute atomic E-state index is 12.0. The van der Waals surface area contributed by atoms with Gasteiger partial charge in [-0.2, -0.15) is 5.26 Å². The number of nitriles is 1. The predicted octanol–water partition coefficient (Wildman–Crippen LogP) is 3.05. The van der Waals surface area contributed by atoms with Crippen LogP contribution in [0.2, 0.25) is 0 Å². The van der Waals surface area contributed by atoms with Gasteiger partial charge in [-0.15, -0.1) is 0 Å². The summed E-state index contributed by atoms with van der Waals surface area (Å²) >= 11 is 1.56. The molecule has 0 saturated carbocycles. The highest BCUT2D eigenvalue weighted by Crippen LogP contribution is 2.30. The second-order valence-corrected chi connectivity index (χ2v) is 7.21. The standard InChI is InChI=1S/C15H19N3O2S/c1-15(2,3)20-14(19)18-8-6-12(10-18)21-13-11(9-16)5-4-7-17-13/h4-5,7,12H,6,8,10H2,1-3H3/t12-/m0/s1. The van der Waals surface area contributed by atoms with Gasteiger partial charge in [0.15, 0.2) is 0 Å². The van der Waals surface area contributed by atoms with Crippen LogP contribution in [0.15, 0.2) is 23.4 Å². The molecule has 112 valence electrons. The number of thioether (sulfide) groups is 1. The third kappa shape index (κ3) is 4.36. The summed E-state index contributed by atoms with van der Waals surface area (Å²) in [6.45, 7) is 6.89. The van der Waals surface area contributed by atoms with E-state index in [1.165, 1.54) is 0 Å². The number of carbonyl (C=O) groups excluding carboxylic acids is 1. The zero-order valence-electron chi connectivity index (χ0n) is 12.5. The summed E-state index contributed by atoms with van der Waals surface area (Å²) < 4.78 is 5.37. The molecule has 5 nitrogen and oxygen atoms in total. The van der Waals surface area contributed by atoms with Crippen molar-refractivity contribution < 1.29 is 9.53 Å². The lowest BCUT2D eigenvalue weighted by Crippen LogP contribution is -2.35. The van der Waals surface area contributed by atoms with E-state index in [4.69, 9.17) is 10.00 Å². The summed E-state index contributed by atoms with van der Waals surface area (Å²) in [5.74, 6) is 0. The van der Waals surface area contributed by atoms with E-state index in [2.05, 4.69) is 11.1 Å². The normalized spacial score (nSPS) is 18.4. The first-order valence-electron chi connectivity index (χ1n) is 6.89. The average molecular weight is 305 g/mol. The van der Waals surface area contributed by atoms with Gasteiger partial charge < -0.3 is 9.64 Å². The van der Waals surface area contributed by atoms with Crippen molar-refractivity contribution in [3.8, 4) is 6.07 Å². The number of hydrogen-bond acceptors (Lipinski definition) is 5. The molecule has 0 aliphatic carbocycles. The van der Waals surface area contributed by atoms with Crippen LogP contribution < -0.4 is 0 Å². The molecule has 0 radical (unpaired) electrons. The molecule has 0 spiro atoms. The van der Waals surface area contributed by atoms with Crippen LogP contribution in [0.4, 0.5) is 4.79 Å². The minimum Gasteiger partial charge on any atom is -0.444 e. The summed E-state index contributed by atoms with van der Waals surface area (Å²) in [6, 6.07) is 5.66. The lowest BCUT2D eigenvalue weighted by Gasteiger charge is -2.24. The quantitative estimate of drug-likeness (QED) is 0.840. The third-order valence-electron chi connectivity index (χ3n) is 2.97. The fourth-order valence-electron chi connectivity index (χ4n) is 2.04.